The summed E-state index contributed by atoms with van der Waals surface area (Å²) in [5.74, 6) is -0.0975. The molecular formula is C16H27N3O4S. The lowest BCUT2D eigenvalue weighted by atomic mass is 9.88. The topological polar surface area (TPSA) is 88.1 Å². The van der Waals surface area contributed by atoms with Crippen LogP contribution in [-0.2, 0) is 19.5 Å². The Morgan fingerprint density at radius 3 is 3.04 bits per heavy atom. The average molecular weight is 357 g/mol. The highest BCUT2D eigenvalue weighted by Crippen LogP contribution is 2.33. The number of nitrogens with zero attached hydrogens (tertiary/aromatic N) is 2. The molecule has 0 bridgehead atoms. The van der Waals surface area contributed by atoms with E-state index in [2.05, 4.69) is 22.3 Å². The van der Waals surface area contributed by atoms with E-state index >= 15 is 0 Å². The van der Waals surface area contributed by atoms with Crippen molar-refractivity contribution >= 4 is 21.5 Å². The van der Waals surface area contributed by atoms with Crippen LogP contribution < -0.4 is 5.32 Å². The van der Waals surface area contributed by atoms with Gasteiger partial charge in [-0.3, -0.25) is 9.69 Å². The summed E-state index contributed by atoms with van der Waals surface area (Å²) in [5, 5.41) is 6.84. The van der Waals surface area contributed by atoms with Crippen molar-refractivity contribution in [1.29, 1.82) is 0 Å². The highest BCUT2D eigenvalue weighted by Gasteiger charge is 2.44. The van der Waals surface area contributed by atoms with Crippen LogP contribution in [0.5, 0.6) is 0 Å². The highest BCUT2D eigenvalue weighted by atomic mass is 32.2. The molecule has 0 radical (unpaired) electrons. The lowest BCUT2D eigenvalue weighted by molar-refractivity contribution is -0.115. The number of carbonyl (C=O) groups excluding carboxylic acids is 1. The maximum absolute atomic E-state index is 12.4. The normalized spacial score (nSPS) is 32.5. The minimum atomic E-state index is -3.00. The molecule has 8 heteroatoms. The van der Waals surface area contributed by atoms with Gasteiger partial charge in [0.25, 0.3) is 5.91 Å². The number of carbonyl (C=O) groups is 1. The lowest BCUT2D eigenvalue weighted by Crippen LogP contribution is -2.49. The first-order valence-corrected chi connectivity index (χ1v) is 10.7. The zero-order valence-electron chi connectivity index (χ0n) is 14.3. The van der Waals surface area contributed by atoms with Gasteiger partial charge in [0.05, 0.1) is 11.5 Å². The third kappa shape index (κ3) is 4.08. The first kappa shape index (κ1) is 17.7. The van der Waals surface area contributed by atoms with Gasteiger partial charge in [-0.25, -0.2) is 8.42 Å². The zero-order chi connectivity index (χ0) is 17.2. The van der Waals surface area contributed by atoms with Gasteiger partial charge >= 0.3 is 0 Å². The molecule has 0 aromatic heterocycles. The van der Waals surface area contributed by atoms with E-state index in [1.54, 1.807) is 0 Å². The van der Waals surface area contributed by atoms with E-state index < -0.39 is 9.84 Å². The summed E-state index contributed by atoms with van der Waals surface area (Å²) in [4.78, 5) is 20.5. The van der Waals surface area contributed by atoms with Gasteiger partial charge in [0, 0.05) is 19.0 Å². The van der Waals surface area contributed by atoms with Crippen molar-refractivity contribution in [2.45, 2.75) is 57.1 Å². The minimum Gasteiger partial charge on any atom is -0.387 e. The molecule has 136 valence electrons. The van der Waals surface area contributed by atoms with Gasteiger partial charge in [0.15, 0.2) is 15.4 Å². The molecule has 0 aromatic rings. The zero-order valence-corrected chi connectivity index (χ0v) is 15.1. The van der Waals surface area contributed by atoms with Gasteiger partial charge in [0.2, 0.25) is 0 Å². The van der Waals surface area contributed by atoms with Crippen LogP contribution in [0.25, 0.3) is 0 Å². The fourth-order valence-electron chi connectivity index (χ4n) is 3.80. The van der Waals surface area contributed by atoms with Gasteiger partial charge in [0.1, 0.15) is 5.71 Å². The van der Waals surface area contributed by atoms with E-state index in [9.17, 15) is 13.2 Å². The number of sulfone groups is 1. The van der Waals surface area contributed by atoms with E-state index in [1.807, 2.05) is 0 Å². The SMILES string of the molecule is CCCCN1CCCC2(CC(C(=O)NC3CCS(=O)(=O)C3)=NO2)C1. The number of piperidine rings is 1. The Hall–Kier alpha value is -1.15. The fraction of sp³-hybridized carbons (Fsp3) is 0.875. The molecule has 2 saturated heterocycles. The van der Waals surface area contributed by atoms with Gasteiger partial charge < -0.3 is 10.2 Å². The van der Waals surface area contributed by atoms with Crippen LogP contribution in [0.1, 0.15) is 45.4 Å². The number of nitrogens with one attached hydrogen (secondary N) is 1. The van der Waals surface area contributed by atoms with Gasteiger partial charge in [-0.1, -0.05) is 18.5 Å². The molecule has 1 N–H and O–H groups in total. The third-order valence-electron chi connectivity index (χ3n) is 5.12. The number of hydrogen-bond donors (Lipinski definition) is 1. The first-order valence-electron chi connectivity index (χ1n) is 8.90. The summed E-state index contributed by atoms with van der Waals surface area (Å²) in [5.41, 5.74) is 0.0251. The number of rotatable bonds is 5. The van der Waals surface area contributed by atoms with E-state index in [4.69, 9.17) is 4.84 Å². The Morgan fingerprint density at radius 2 is 2.33 bits per heavy atom. The summed E-state index contributed by atoms with van der Waals surface area (Å²) in [6.45, 7) is 5.13. The average Bonchev–Trinajstić information content (AvgIpc) is 3.09. The Bertz CT molecular complexity index is 619. The van der Waals surface area contributed by atoms with E-state index in [0.29, 0.717) is 18.6 Å². The first-order chi connectivity index (χ1) is 11.4. The molecule has 0 aromatic carbocycles. The second-order valence-corrected chi connectivity index (χ2v) is 9.52. The number of unbranched alkanes of at least 4 members (excludes halogenated alkanes) is 1. The van der Waals surface area contributed by atoms with Crippen molar-refractivity contribution in [2.24, 2.45) is 5.16 Å². The second kappa shape index (κ2) is 7.00. The van der Waals surface area contributed by atoms with Crippen molar-refractivity contribution in [1.82, 2.24) is 10.2 Å². The maximum atomic E-state index is 12.4. The van der Waals surface area contributed by atoms with Gasteiger partial charge in [-0.15, -0.1) is 0 Å². The molecule has 3 rings (SSSR count). The van der Waals surface area contributed by atoms with E-state index in [-0.39, 0.29) is 29.1 Å². The largest absolute Gasteiger partial charge is 0.387 e. The Labute approximate surface area is 143 Å². The van der Waals surface area contributed by atoms with Crippen molar-refractivity contribution < 1.29 is 18.0 Å². The third-order valence-corrected chi connectivity index (χ3v) is 6.88. The molecule has 2 atom stereocenters. The Balaban J connectivity index is 1.53. The molecule has 24 heavy (non-hydrogen) atoms. The highest BCUT2D eigenvalue weighted by molar-refractivity contribution is 7.91. The summed E-state index contributed by atoms with van der Waals surface area (Å²) in [6, 6.07) is -0.297. The molecule has 3 aliphatic rings. The number of oxime groups is 1. The molecule has 3 aliphatic heterocycles. The van der Waals surface area contributed by atoms with Crippen LogP contribution in [-0.4, -0.2) is 67.7 Å². The number of likely N-dealkylation sites (tertiary alicyclic amines) is 1. The quantitative estimate of drug-likeness (QED) is 0.782. The van der Waals surface area contributed by atoms with Crippen LogP contribution in [0.3, 0.4) is 0 Å². The van der Waals surface area contributed by atoms with Crippen LogP contribution >= 0.6 is 0 Å². The van der Waals surface area contributed by atoms with E-state index in [0.717, 1.165) is 32.5 Å². The lowest BCUT2D eigenvalue weighted by Gasteiger charge is -2.38. The number of amides is 1. The Kier molecular flexibility index (Phi) is 5.15. The van der Waals surface area contributed by atoms with Crippen LogP contribution in [0.4, 0.5) is 0 Å². The molecule has 0 saturated carbocycles. The smallest absolute Gasteiger partial charge is 0.269 e. The molecule has 3 heterocycles. The molecule has 0 aliphatic carbocycles. The Morgan fingerprint density at radius 1 is 1.50 bits per heavy atom. The molecule has 7 nitrogen and oxygen atoms in total. The second-order valence-electron chi connectivity index (χ2n) is 7.30. The van der Waals surface area contributed by atoms with Crippen LogP contribution in [0.15, 0.2) is 5.16 Å². The summed E-state index contributed by atoms with van der Waals surface area (Å²) in [7, 11) is -3.00. The van der Waals surface area contributed by atoms with Gasteiger partial charge in [-0.05, 0) is 38.8 Å². The van der Waals surface area contributed by atoms with E-state index in [1.165, 1.54) is 12.8 Å². The van der Waals surface area contributed by atoms with Crippen molar-refractivity contribution in [2.75, 3.05) is 31.1 Å². The predicted octanol–water partition coefficient (Wildman–Crippen LogP) is 0.701. The van der Waals surface area contributed by atoms with Crippen LogP contribution in [0.2, 0.25) is 0 Å². The summed E-state index contributed by atoms with van der Waals surface area (Å²) < 4.78 is 23.0. The molecule has 2 fully saturated rings. The fourth-order valence-corrected chi connectivity index (χ4v) is 5.48. The van der Waals surface area contributed by atoms with Crippen molar-refractivity contribution in [3.05, 3.63) is 0 Å². The van der Waals surface area contributed by atoms with Gasteiger partial charge in [-0.2, -0.15) is 0 Å². The monoisotopic (exact) mass is 357 g/mol. The standard InChI is InChI=1S/C16H27N3O4S/c1-2-3-7-19-8-4-6-16(12-19)10-14(18-23-16)15(20)17-13-5-9-24(21,22)11-13/h13H,2-12H2,1H3,(H,17,20). The number of hydrogen-bond acceptors (Lipinski definition) is 6. The molecule has 1 amide bonds. The predicted molar refractivity (Wildman–Crippen MR) is 91.7 cm³/mol. The molecule has 1 spiro atoms. The minimum absolute atomic E-state index is 0.0306. The summed E-state index contributed by atoms with van der Waals surface area (Å²) >= 11 is 0. The molecule has 2 unspecified atom stereocenters. The van der Waals surface area contributed by atoms with Crippen LogP contribution in [0, 0.1) is 0 Å². The van der Waals surface area contributed by atoms with Crippen molar-refractivity contribution in [3.63, 3.8) is 0 Å². The molecular weight excluding hydrogens is 330 g/mol. The summed E-state index contributed by atoms with van der Waals surface area (Å²) in [6.07, 6.45) is 5.29. The maximum Gasteiger partial charge on any atom is 0.269 e. The van der Waals surface area contributed by atoms with Crippen molar-refractivity contribution in [3.8, 4) is 0 Å².